The van der Waals surface area contributed by atoms with Crippen molar-refractivity contribution in [3.8, 4) is 0 Å². The number of carboxylic acid groups (broad SMARTS) is 1. The van der Waals surface area contributed by atoms with E-state index in [1.165, 1.54) is 0 Å². The average Bonchev–Trinajstić information content (AvgIpc) is 2.59. The molecule has 0 aromatic carbocycles. The molecule has 94 valence electrons. The third-order valence-corrected chi connectivity index (χ3v) is 1.96. The van der Waals surface area contributed by atoms with Crippen LogP contribution in [-0.4, -0.2) is 28.3 Å². The first-order chi connectivity index (χ1) is 7.97. The van der Waals surface area contributed by atoms with Crippen molar-refractivity contribution in [2.75, 3.05) is 0 Å². The summed E-state index contributed by atoms with van der Waals surface area (Å²) in [6, 6.07) is 0.845. The van der Waals surface area contributed by atoms with Gasteiger partial charge in [0.15, 0.2) is 5.76 Å². The minimum atomic E-state index is -0.955. The Kier molecular flexibility index (Phi) is 4.50. The van der Waals surface area contributed by atoms with Crippen LogP contribution in [0.1, 0.15) is 24.8 Å². The standard InChI is InChI=1S/C10H15N3O4/c1-6(4-9(14)15)12-10(16)11-5-8-3-7(2)13-17-8/h3,6H,4-5H2,1-2H3,(H,14,15)(H2,11,12,16). The number of urea groups is 1. The summed E-state index contributed by atoms with van der Waals surface area (Å²) in [5, 5.41) is 17.2. The molecule has 0 aliphatic rings. The molecule has 1 aromatic heterocycles. The van der Waals surface area contributed by atoms with E-state index in [0.717, 1.165) is 5.69 Å². The Labute approximate surface area is 98.2 Å². The Hall–Kier alpha value is -2.05. The van der Waals surface area contributed by atoms with Gasteiger partial charge in [0.25, 0.3) is 0 Å². The first-order valence-corrected chi connectivity index (χ1v) is 5.15. The van der Waals surface area contributed by atoms with Crippen LogP contribution in [0.15, 0.2) is 10.6 Å². The van der Waals surface area contributed by atoms with Crippen LogP contribution in [-0.2, 0) is 11.3 Å². The quantitative estimate of drug-likeness (QED) is 0.701. The second kappa shape index (κ2) is 5.88. The molecule has 3 N–H and O–H groups in total. The van der Waals surface area contributed by atoms with Crippen molar-refractivity contribution in [3.63, 3.8) is 0 Å². The van der Waals surface area contributed by atoms with Crippen molar-refractivity contribution in [1.82, 2.24) is 15.8 Å². The zero-order valence-corrected chi connectivity index (χ0v) is 9.69. The molecular weight excluding hydrogens is 226 g/mol. The fourth-order valence-corrected chi connectivity index (χ4v) is 1.25. The number of carbonyl (C=O) groups is 2. The lowest BCUT2D eigenvalue weighted by molar-refractivity contribution is -0.137. The van der Waals surface area contributed by atoms with Gasteiger partial charge < -0.3 is 20.3 Å². The van der Waals surface area contributed by atoms with E-state index in [2.05, 4.69) is 15.8 Å². The summed E-state index contributed by atoms with van der Waals surface area (Å²) in [5.74, 6) is -0.410. The average molecular weight is 241 g/mol. The second-order valence-electron chi connectivity index (χ2n) is 3.76. The summed E-state index contributed by atoms with van der Waals surface area (Å²) >= 11 is 0. The maximum Gasteiger partial charge on any atom is 0.315 e. The number of nitrogens with one attached hydrogen (secondary N) is 2. The predicted octanol–water partition coefficient (Wildman–Crippen LogP) is 0.645. The van der Waals surface area contributed by atoms with Crippen molar-refractivity contribution < 1.29 is 19.2 Å². The molecule has 0 aliphatic heterocycles. The topological polar surface area (TPSA) is 104 Å². The monoisotopic (exact) mass is 241 g/mol. The van der Waals surface area contributed by atoms with Crippen LogP contribution in [0.3, 0.4) is 0 Å². The SMILES string of the molecule is Cc1cc(CNC(=O)NC(C)CC(=O)O)on1. The molecule has 17 heavy (non-hydrogen) atoms. The van der Waals surface area contributed by atoms with Crippen LogP contribution in [0.25, 0.3) is 0 Å². The van der Waals surface area contributed by atoms with Crippen LogP contribution in [0, 0.1) is 6.92 Å². The van der Waals surface area contributed by atoms with Gasteiger partial charge in [-0.1, -0.05) is 5.16 Å². The van der Waals surface area contributed by atoms with Gasteiger partial charge in [-0.15, -0.1) is 0 Å². The lowest BCUT2D eigenvalue weighted by atomic mass is 10.2. The second-order valence-corrected chi connectivity index (χ2v) is 3.76. The highest BCUT2D eigenvalue weighted by Gasteiger charge is 2.11. The van der Waals surface area contributed by atoms with E-state index >= 15 is 0 Å². The van der Waals surface area contributed by atoms with Gasteiger partial charge in [0.1, 0.15) is 0 Å². The van der Waals surface area contributed by atoms with E-state index in [9.17, 15) is 9.59 Å². The molecule has 0 saturated heterocycles. The van der Waals surface area contributed by atoms with Gasteiger partial charge in [-0.25, -0.2) is 4.79 Å². The highest BCUT2D eigenvalue weighted by Crippen LogP contribution is 2.00. The number of aromatic nitrogens is 1. The lowest BCUT2D eigenvalue weighted by Crippen LogP contribution is -2.41. The molecule has 0 saturated carbocycles. The molecule has 0 bridgehead atoms. The summed E-state index contributed by atoms with van der Waals surface area (Å²) in [5.41, 5.74) is 0.737. The molecule has 1 rings (SSSR count). The number of hydrogen-bond donors (Lipinski definition) is 3. The lowest BCUT2D eigenvalue weighted by Gasteiger charge is -2.11. The van der Waals surface area contributed by atoms with Crippen molar-refractivity contribution >= 4 is 12.0 Å². The van der Waals surface area contributed by atoms with Crippen LogP contribution < -0.4 is 10.6 Å². The van der Waals surface area contributed by atoms with E-state index in [1.807, 2.05) is 0 Å². The van der Waals surface area contributed by atoms with E-state index < -0.39 is 18.0 Å². The zero-order chi connectivity index (χ0) is 12.8. The first-order valence-electron chi connectivity index (χ1n) is 5.15. The Balaban J connectivity index is 2.28. The van der Waals surface area contributed by atoms with Crippen LogP contribution in [0.4, 0.5) is 4.79 Å². The number of amides is 2. The summed E-state index contributed by atoms with van der Waals surface area (Å²) < 4.78 is 4.90. The molecule has 7 heteroatoms. The Bertz CT molecular complexity index is 402. The smallest absolute Gasteiger partial charge is 0.315 e. The third kappa shape index (κ3) is 5.01. The number of aryl methyl sites for hydroxylation is 1. The summed E-state index contributed by atoms with van der Waals surface area (Å²) in [6.07, 6.45) is -0.116. The highest BCUT2D eigenvalue weighted by molar-refractivity contribution is 5.75. The minimum absolute atomic E-state index is 0.116. The van der Waals surface area contributed by atoms with Crippen molar-refractivity contribution in [3.05, 3.63) is 17.5 Å². The third-order valence-electron chi connectivity index (χ3n) is 1.96. The van der Waals surface area contributed by atoms with Gasteiger partial charge in [-0.2, -0.15) is 0 Å². The van der Waals surface area contributed by atoms with Crippen molar-refractivity contribution in [2.45, 2.75) is 32.9 Å². The van der Waals surface area contributed by atoms with E-state index in [0.29, 0.717) is 5.76 Å². The molecular formula is C10H15N3O4. The molecule has 1 atom stereocenters. The Morgan fingerprint density at radius 3 is 2.82 bits per heavy atom. The first kappa shape index (κ1) is 13.0. The predicted molar refractivity (Wildman–Crippen MR) is 58.3 cm³/mol. The van der Waals surface area contributed by atoms with Gasteiger partial charge in [-0.05, 0) is 13.8 Å². The van der Waals surface area contributed by atoms with Crippen molar-refractivity contribution in [2.24, 2.45) is 0 Å². The number of rotatable bonds is 5. The fraction of sp³-hybridized carbons (Fsp3) is 0.500. The number of carbonyl (C=O) groups excluding carboxylic acids is 1. The van der Waals surface area contributed by atoms with Crippen LogP contribution >= 0.6 is 0 Å². The van der Waals surface area contributed by atoms with Gasteiger partial charge in [0.2, 0.25) is 0 Å². The zero-order valence-electron chi connectivity index (χ0n) is 9.69. The number of aliphatic carboxylic acids is 1. The van der Waals surface area contributed by atoms with E-state index in [-0.39, 0.29) is 13.0 Å². The normalized spacial score (nSPS) is 11.9. The van der Waals surface area contributed by atoms with Crippen LogP contribution in [0.2, 0.25) is 0 Å². The summed E-state index contributed by atoms with van der Waals surface area (Å²) in [6.45, 7) is 3.61. The maximum atomic E-state index is 11.3. The molecule has 0 spiro atoms. The van der Waals surface area contributed by atoms with Gasteiger partial charge >= 0.3 is 12.0 Å². The molecule has 1 heterocycles. The number of nitrogens with zero attached hydrogens (tertiary/aromatic N) is 1. The number of carboxylic acids is 1. The summed E-state index contributed by atoms with van der Waals surface area (Å²) in [4.78, 5) is 21.7. The van der Waals surface area contributed by atoms with Gasteiger partial charge in [0, 0.05) is 12.1 Å². The van der Waals surface area contributed by atoms with Crippen molar-refractivity contribution in [1.29, 1.82) is 0 Å². The number of hydrogen-bond acceptors (Lipinski definition) is 4. The largest absolute Gasteiger partial charge is 0.481 e. The summed E-state index contributed by atoms with van der Waals surface area (Å²) in [7, 11) is 0. The van der Waals surface area contributed by atoms with E-state index in [4.69, 9.17) is 9.63 Å². The maximum absolute atomic E-state index is 11.3. The molecule has 7 nitrogen and oxygen atoms in total. The molecule has 0 aliphatic carbocycles. The molecule has 1 unspecified atom stereocenters. The molecule has 1 aromatic rings. The van der Waals surface area contributed by atoms with Gasteiger partial charge in [0.05, 0.1) is 18.7 Å². The Morgan fingerprint density at radius 1 is 1.59 bits per heavy atom. The molecule has 2 amide bonds. The minimum Gasteiger partial charge on any atom is -0.481 e. The van der Waals surface area contributed by atoms with Gasteiger partial charge in [-0.3, -0.25) is 4.79 Å². The molecule has 0 radical (unpaired) electrons. The van der Waals surface area contributed by atoms with E-state index in [1.54, 1.807) is 19.9 Å². The van der Waals surface area contributed by atoms with Crippen LogP contribution in [0.5, 0.6) is 0 Å². The molecule has 0 fully saturated rings. The Morgan fingerprint density at radius 2 is 2.29 bits per heavy atom. The fourth-order valence-electron chi connectivity index (χ4n) is 1.25. The highest BCUT2D eigenvalue weighted by atomic mass is 16.5.